The molecule has 4 aromatic heterocycles. The molecule has 0 N–H and O–H groups in total. The Morgan fingerprint density at radius 3 is 1.36 bits per heavy atom. The van der Waals surface area contributed by atoms with E-state index in [2.05, 4.69) is 0 Å². The molecule has 0 atom stereocenters. The number of hydrogen-bond acceptors (Lipinski definition) is 2. The minimum absolute atomic E-state index is 0.152. The number of pyridine rings is 2. The molecule has 0 bridgehead atoms. The first-order valence-corrected chi connectivity index (χ1v) is 9.04. The monoisotopic (exact) mass is 364 g/mol. The fourth-order valence-electron chi connectivity index (χ4n) is 3.66. The summed E-state index contributed by atoms with van der Waals surface area (Å²) in [6, 6.07) is 22.1. The van der Waals surface area contributed by atoms with E-state index >= 15 is 0 Å². The topological polar surface area (TPSA) is 43.0 Å². The smallest absolute Gasteiger partial charge is 0.195 e. The Morgan fingerprint density at radius 2 is 0.893 bits per heavy atom. The fraction of sp³-hybridized carbons (Fsp3) is 0. The first-order valence-electron chi connectivity index (χ1n) is 9.04. The Kier molecular flexibility index (Phi) is 3.69. The van der Waals surface area contributed by atoms with Gasteiger partial charge in [-0.1, -0.05) is 36.4 Å². The second kappa shape index (κ2) is 6.35. The van der Waals surface area contributed by atoms with Crippen LogP contribution >= 0.6 is 0 Å². The van der Waals surface area contributed by atoms with E-state index in [1.807, 2.05) is 70.0 Å². The van der Waals surface area contributed by atoms with E-state index in [4.69, 9.17) is 0 Å². The van der Waals surface area contributed by atoms with E-state index in [1.165, 1.54) is 0 Å². The van der Waals surface area contributed by atoms with Crippen LogP contribution in [0.25, 0.3) is 11.0 Å². The zero-order chi connectivity index (χ0) is 19.1. The van der Waals surface area contributed by atoms with Crippen LogP contribution in [0.4, 0.5) is 0 Å². The van der Waals surface area contributed by atoms with E-state index < -0.39 is 0 Å². The Morgan fingerprint density at radius 1 is 0.464 bits per heavy atom. The number of fused-ring (bicyclic) bond motifs is 2. The van der Waals surface area contributed by atoms with Crippen LogP contribution in [0.5, 0.6) is 0 Å². The molecule has 0 aliphatic rings. The molecule has 0 fully saturated rings. The third kappa shape index (κ3) is 2.47. The van der Waals surface area contributed by atoms with Crippen LogP contribution in [-0.4, -0.2) is 20.4 Å². The van der Waals surface area contributed by atoms with Crippen molar-refractivity contribution < 1.29 is 9.59 Å². The molecular formula is C24H16N2O2. The third-order valence-corrected chi connectivity index (χ3v) is 5.04. The third-order valence-electron chi connectivity index (χ3n) is 5.04. The van der Waals surface area contributed by atoms with E-state index in [1.54, 1.807) is 36.4 Å². The molecule has 4 nitrogen and oxygen atoms in total. The van der Waals surface area contributed by atoms with Crippen molar-refractivity contribution in [2.24, 2.45) is 0 Å². The number of benzene rings is 1. The summed E-state index contributed by atoms with van der Waals surface area (Å²) in [5, 5.41) is 0. The van der Waals surface area contributed by atoms with Crippen molar-refractivity contribution in [3.8, 4) is 0 Å². The highest BCUT2D eigenvalue weighted by molar-refractivity contribution is 6.22. The summed E-state index contributed by atoms with van der Waals surface area (Å²) < 4.78 is 3.80. The van der Waals surface area contributed by atoms with Crippen molar-refractivity contribution in [2.75, 3.05) is 0 Å². The molecule has 0 saturated carbocycles. The quantitative estimate of drug-likeness (QED) is 0.436. The minimum Gasteiger partial charge on any atom is -0.323 e. The molecule has 0 unspecified atom stereocenters. The number of hydrogen-bond donors (Lipinski definition) is 0. The van der Waals surface area contributed by atoms with Gasteiger partial charge >= 0.3 is 0 Å². The highest BCUT2D eigenvalue weighted by Crippen LogP contribution is 2.23. The number of rotatable bonds is 4. The standard InChI is InChI=1S/C24H16N2O2/c27-23(19-11-15-25-13-5-3-9-21(19)25)17-7-1-2-8-18(17)24(28)20-12-16-26-14-6-4-10-22(20)26/h1-16H. The summed E-state index contributed by atoms with van der Waals surface area (Å²) in [7, 11) is 0. The SMILES string of the molecule is O=C(c1ccccc1C(=O)c1ccn2ccccc12)c1ccn2ccccc12. The molecule has 0 aliphatic carbocycles. The summed E-state index contributed by atoms with van der Waals surface area (Å²) in [5.41, 5.74) is 3.65. The van der Waals surface area contributed by atoms with Gasteiger partial charge in [0.15, 0.2) is 11.6 Å². The maximum absolute atomic E-state index is 13.3. The van der Waals surface area contributed by atoms with Gasteiger partial charge in [0.2, 0.25) is 0 Å². The van der Waals surface area contributed by atoms with Crippen LogP contribution in [0.3, 0.4) is 0 Å². The van der Waals surface area contributed by atoms with Gasteiger partial charge in [0, 0.05) is 47.0 Å². The van der Waals surface area contributed by atoms with Crippen molar-refractivity contribution in [2.45, 2.75) is 0 Å². The van der Waals surface area contributed by atoms with Crippen LogP contribution < -0.4 is 0 Å². The van der Waals surface area contributed by atoms with Gasteiger partial charge in [-0.25, -0.2) is 0 Å². The largest absolute Gasteiger partial charge is 0.323 e. The van der Waals surface area contributed by atoms with Crippen LogP contribution in [-0.2, 0) is 0 Å². The summed E-state index contributed by atoms with van der Waals surface area (Å²) in [5.74, 6) is -0.303. The summed E-state index contributed by atoms with van der Waals surface area (Å²) >= 11 is 0. The molecule has 134 valence electrons. The second-order valence-electron chi connectivity index (χ2n) is 6.65. The van der Waals surface area contributed by atoms with Crippen LogP contribution in [0, 0.1) is 0 Å². The van der Waals surface area contributed by atoms with Crippen LogP contribution in [0.1, 0.15) is 31.8 Å². The highest BCUT2D eigenvalue weighted by atomic mass is 16.1. The van der Waals surface area contributed by atoms with E-state index in [0.717, 1.165) is 11.0 Å². The number of aromatic nitrogens is 2. The number of carbonyl (C=O) groups is 2. The average Bonchev–Trinajstić information content (AvgIpc) is 3.37. The van der Waals surface area contributed by atoms with Gasteiger partial charge in [-0.05, 0) is 36.4 Å². The second-order valence-corrected chi connectivity index (χ2v) is 6.65. The Bertz CT molecular complexity index is 1250. The van der Waals surface area contributed by atoms with Gasteiger partial charge in [0.05, 0.1) is 11.0 Å². The lowest BCUT2D eigenvalue weighted by molar-refractivity contribution is 0.100. The van der Waals surface area contributed by atoms with Gasteiger partial charge in [0.1, 0.15) is 0 Å². The summed E-state index contributed by atoms with van der Waals surface area (Å²) in [6.45, 7) is 0. The molecule has 0 amide bonds. The predicted molar refractivity (Wildman–Crippen MR) is 108 cm³/mol. The molecule has 4 heterocycles. The lowest BCUT2D eigenvalue weighted by atomic mass is 9.94. The van der Waals surface area contributed by atoms with Crippen molar-refractivity contribution in [3.05, 3.63) is 120 Å². The summed E-state index contributed by atoms with van der Waals surface area (Å²) in [4.78, 5) is 26.6. The highest BCUT2D eigenvalue weighted by Gasteiger charge is 2.22. The maximum atomic E-state index is 13.3. The number of ketones is 2. The zero-order valence-electron chi connectivity index (χ0n) is 14.9. The molecule has 5 aromatic rings. The molecule has 0 radical (unpaired) electrons. The maximum Gasteiger partial charge on any atom is 0.195 e. The number of nitrogens with zero attached hydrogens (tertiary/aromatic N) is 2. The molecule has 1 aromatic carbocycles. The predicted octanol–water partition coefficient (Wildman–Crippen LogP) is 4.65. The molecule has 0 saturated heterocycles. The van der Waals surface area contributed by atoms with Gasteiger partial charge in [-0.2, -0.15) is 0 Å². The van der Waals surface area contributed by atoms with Gasteiger partial charge < -0.3 is 8.80 Å². The molecule has 28 heavy (non-hydrogen) atoms. The molecule has 0 aliphatic heterocycles. The normalized spacial score (nSPS) is 11.1. The molecule has 4 heteroatoms. The molecule has 5 rings (SSSR count). The van der Waals surface area contributed by atoms with Gasteiger partial charge in [0.25, 0.3) is 0 Å². The van der Waals surface area contributed by atoms with E-state index in [0.29, 0.717) is 22.3 Å². The summed E-state index contributed by atoms with van der Waals surface area (Å²) in [6.07, 6.45) is 7.51. The van der Waals surface area contributed by atoms with E-state index in [-0.39, 0.29) is 11.6 Å². The van der Waals surface area contributed by atoms with Crippen LogP contribution in [0.2, 0.25) is 0 Å². The van der Waals surface area contributed by atoms with E-state index in [9.17, 15) is 9.59 Å². The lowest BCUT2D eigenvalue weighted by Crippen LogP contribution is -2.11. The van der Waals surface area contributed by atoms with Crippen molar-refractivity contribution in [1.82, 2.24) is 8.80 Å². The van der Waals surface area contributed by atoms with Crippen molar-refractivity contribution in [3.63, 3.8) is 0 Å². The molecular weight excluding hydrogens is 348 g/mol. The first-order chi connectivity index (χ1) is 13.7. The lowest BCUT2D eigenvalue weighted by Gasteiger charge is -2.08. The van der Waals surface area contributed by atoms with Crippen LogP contribution in [0.15, 0.2) is 97.6 Å². The molecule has 0 spiro atoms. The minimum atomic E-state index is -0.152. The Hall–Kier alpha value is -3.92. The fourth-order valence-corrected chi connectivity index (χ4v) is 3.66. The zero-order valence-corrected chi connectivity index (χ0v) is 14.9. The van der Waals surface area contributed by atoms with Gasteiger partial charge in [-0.3, -0.25) is 9.59 Å². The Labute approximate surface area is 161 Å². The Balaban J connectivity index is 1.63. The van der Waals surface area contributed by atoms with Gasteiger partial charge in [-0.15, -0.1) is 0 Å². The van der Waals surface area contributed by atoms with Crippen molar-refractivity contribution in [1.29, 1.82) is 0 Å². The average molecular weight is 364 g/mol. The number of carbonyl (C=O) groups excluding carboxylic acids is 2. The first kappa shape index (κ1) is 16.3. The van der Waals surface area contributed by atoms with Crippen molar-refractivity contribution >= 4 is 22.6 Å².